The van der Waals surface area contributed by atoms with Gasteiger partial charge in [-0.3, -0.25) is 9.59 Å². The highest BCUT2D eigenvalue weighted by molar-refractivity contribution is 5.94. The summed E-state index contributed by atoms with van der Waals surface area (Å²) in [6, 6.07) is 9.01. The summed E-state index contributed by atoms with van der Waals surface area (Å²) in [5.41, 5.74) is 0.622. The van der Waals surface area contributed by atoms with E-state index in [-0.39, 0.29) is 23.8 Å². The molecule has 25 heavy (non-hydrogen) atoms. The minimum atomic E-state index is -0.388. The van der Waals surface area contributed by atoms with Gasteiger partial charge in [-0.1, -0.05) is 18.2 Å². The van der Waals surface area contributed by atoms with E-state index in [9.17, 15) is 14.4 Å². The Morgan fingerprint density at radius 3 is 2.60 bits per heavy atom. The molecule has 0 unspecified atom stereocenters. The fourth-order valence-corrected chi connectivity index (χ4v) is 2.82. The van der Waals surface area contributed by atoms with Gasteiger partial charge in [0, 0.05) is 31.7 Å². The van der Waals surface area contributed by atoms with Crippen molar-refractivity contribution in [1.29, 1.82) is 0 Å². The van der Waals surface area contributed by atoms with E-state index < -0.39 is 0 Å². The molecule has 3 amide bonds. The van der Waals surface area contributed by atoms with E-state index in [1.165, 1.54) is 7.11 Å². The molecule has 1 aliphatic heterocycles. The van der Waals surface area contributed by atoms with E-state index in [1.54, 1.807) is 17.0 Å². The molecule has 0 radical (unpaired) electrons. The molecule has 1 atom stereocenters. The van der Waals surface area contributed by atoms with Crippen LogP contribution in [0.4, 0.5) is 4.79 Å². The monoisotopic (exact) mass is 347 g/mol. The third kappa shape index (κ3) is 5.77. The first-order valence-electron chi connectivity index (χ1n) is 8.55. The molecule has 136 valence electrons. The largest absolute Gasteiger partial charge is 0.453 e. The summed E-state index contributed by atoms with van der Waals surface area (Å²) in [6.07, 6.45) is 1.82. The smallest absolute Gasteiger partial charge is 0.409 e. The molecule has 1 aromatic rings. The summed E-state index contributed by atoms with van der Waals surface area (Å²) < 4.78 is 4.70. The number of rotatable bonds is 6. The van der Waals surface area contributed by atoms with Gasteiger partial charge in [0.2, 0.25) is 5.91 Å². The summed E-state index contributed by atoms with van der Waals surface area (Å²) in [6.45, 7) is 2.00. The van der Waals surface area contributed by atoms with E-state index in [1.807, 2.05) is 18.2 Å². The molecule has 2 rings (SSSR count). The van der Waals surface area contributed by atoms with Crippen molar-refractivity contribution in [3.8, 4) is 0 Å². The Morgan fingerprint density at radius 1 is 1.16 bits per heavy atom. The number of benzene rings is 1. The van der Waals surface area contributed by atoms with Crippen LogP contribution in [0.2, 0.25) is 0 Å². The first-order valence-corrected chi connectivity index (χ1v) is 8.55. The maximum absolute atomic E-state index is 12.2. The number of carbonyl (C=O) groups excluding carboxylic acids is 3. The van der Waals surface area contributed by atoms with Crippen LogP contribution in [-0.4, -0.2) is 56.1 Å². The summed E-state index contributed by atoms with van der Waals surface area (Å²) in [4.78, 5) is 37.2. The van der Waals surface area contributed by atoms with E-state index in [0.29, 0.717) is 38.2 Å². The number of hydrogen-bond donors (Lipinski definition) is 2. The molecule has 7 heteroatoms. The van der Waals surface area contributed by atoms with Crippen molar-refractivity contribution in [3.05, 3.63) is 35.9 Å². The van der Waals surface area contributed by atoms with Gasteiger partial charge in [0.15, 0.2) is 0 Å². The fourth-order valence-electron chi connectivity index (χ4n) is 2.82. The maximum atomic E-state index is 12.2. The molecule has 0 spiro atoms. The number of carbonyl (C=O) groups is 3. The third-order valence-electron chi connectivity index (χ3n) is 4.20. The first-order chi connectivity index (χ1) is 12.1. The molecular weight excluding hydrogens is 322 g/mol. The molecule has 1 fully saturated rings. The van der Waals surface area contributed by atoms with Gasteiger partial charge >= 0.3 is 6.09 Å². The zero-order valence-corrected chi connectivity index (χ0v) is 14.5. The highest BCUT2D eigenvalue weighted by Crippen LogP contribution is 2.17. The van der Waals surface area contributed by atoms with Crippen LogP contribution in [0.5, 0.6) is 0 Å². The molecule has 2 N–H and O–H groups in total. The summed E-state index contributed by atoms with van der Waals surface area (Å²) in [5, 5.41) is 5.70. The Kier molecular flexibility index (Phi) is 7.25. The SMILES string of the molecule is COC(=O)N1CCC[C@@H](C(=O)NCCCNC(=O)c2ccccc2)C1. The summed E-state index contributed by atoms with van der Waals surface area (Å²) in [7, 11) is 1.34. The van der Waals surface area contributed by atoms with Crippen LogP contribution in [0.25, 0.3) is 0 Å². The van der Waals surface area contributed by atoms with Crippen LogP contribution in [0.3, 0.4) is 0 Å². The molecule has 0 saturated carbocycles. The zero-order chi connectivity index (χ0) is 18.1. The number of nitrogens with one attached hydrogen (secondary N) is 2. The average Bonchev–Trinajstić information content (AvgIpc) is 2.67. The van der Waals surface area contributed by atoms with Crippen molar-refractivity contribution in [2.24, 2.45) is 5.92 Å². The molecule has 1 aromatic carbocycles. The molecular formula is C18H25N3O4. The Balaban J connectivity index is 1.63. The van der Waals surface area contributed by atoms with Gasteiger partial charge in [-0.15, -0.1) is 0 Å². The lowest BCUT2D eigenvalue weighted by molar-refractivity contribution is -0.126. The lowest BCUT2D eigenvalue weighted by atomic mass is 9.97. The molecule has 1 heterocycles. The van der Waals surface area contributed by atoms with E-state index in [2.05, 4.69) is 10.6 Å². The van der Waals surface area contributed by atoms with Gasteiger partial charge in [-0.25, -0.2) is 4.79 Å². The minimum Gasteiger partial charge on any atom is -0.453 e. The van der Waals surface area contributed by atoms with Crippen molar-refractivity contribution in [3.63, 3.8) is 0 Å². The molecule has 7 nitrogen and oxygen atoms in total. The number of methoxy groups -OCH3 is 1. The summed E-state index contributed by atoms with van der Waals surface area (Å²) >= 11 is 0. The predicted octanol–water partition coefficient (Wildman–Crippen LogP) is 1.40. The highest BCUT2D eigenvalue weighted by Gasteiger charge is 2.28. The van der Waals surface area contributed by atoms with Gasteiger partial charge in [0.25, 0.3) is 5.91 Å². The standard InChI is InChI=1S/C18H25N3O4/c1-25-18(24)21-12-5-9-15(13-21)17(23)20-11-6-10-19-16(22)14-7-3-2-4-8-14/h2-4,7-8,15H,5-6,9-13H2,1H3,(H,19,22)(H,20,23)/t15-/m1/s1. The zero-order valence-electron chi connectivity index (χ0n) is 14.5. The number of hydrogen-bond acceptors (Lipinski definition) is 4. The summed E-state index contributed by atoms with van der Waals surface area (Å²) in [5.74, 6) is -0.373. The second-order valence-corrected chi connectivity index (χ2v) is 6.02. The molecule has 0 aromatic heterocycles. The maximum Gasteiger partial charge on any atom is 0.409 e. The molecule has 1 saturated heterocycles. The van der Waals surface area contributed by atoms with Gasteiger partial charge in [-0.05, 0) is 31.4 Å². The fraction of sp³-hybridized carbons (Fsp3) is 0.500. The van der Waals surface area contributed by atoms with Crippen LogP contribution in [-0.2, 0) is 9.53 Å². The van der Waals surface area contributed by atoms with Crippen molar-refractivity contribution < 1.29 is 19.1 Å². The molecule has 0 aliphatic carbocycles. The van der Waals surface area contributed by atoms with Gasteiger partial charge in [0.1, 0.15) is 0 Å². The lowest BCUT2D eigenvalue weighted by Gasteiger charge is -2.30. The van der Waals surface area contributed by atoms with Crippen molar-refractivity contribution in [2.45, 2.75) is 19.3 Å². The Bertz CT molecular complexity index is 591. The number of ether oxygens (including phenoxy) is 1. The topological polar surface area (TPSA) is 87.7 Å². The normalized spacial score (nSPS) is 16.8. The molecule has 1 aliphatic rings. The van der Waals surface area contributed by atoms with Crippen LogP contribution in [0, 0.1) is 5.92 Å². The van der Waals surface area contributed by atoms with E-state index in [0.717, 1.165) is 12.8 Å². The number of piperidine rings is 1. The number of amides is 3. The quantitative estimate of drug-likeness (QED) is 0.762. The van der Waals surface area contributed by atoms with Gasteiger partial charge in [0.05, 0.1) is 13.0 Å². The second-order valence-electron chi connectivity index (χ2n) is 6.02. The van der Waals surface area contributed by atoms with E-state index >= 15 is 0 Å². The third-order valence-corrected chi connectivity index (χ3v) is 4.20. The highest BCUT2D eigenvalue weighted by atomic mass is 16.5. The number of likely N-dealkylation sites (tertiary alicyclic amines) is 1. The van der Waals surface area contributed by atoms with Crippen molar-refractivity contribution >= 4 is 17.9 Å². The van der Waals surface area contributed by atoms with Crippen molar-refractivity contribution in [2.75, 3.05) is 33.3 Å². The van der Waals surface area contributed by atoms with Crippen LogP contribution in [0.15, 0.2) is 30.3 Å². The van der Waals surface area contributed by atoms with Crippen LogP contribution in [0.1, 0.15) is 29.6 Å². The molecule has 0 bridgehead atoms. The average molecular weight is 347 g/mol. The van der Waals surface area contributed by atoms with Gasteiger partial charge < -0.3 is 20.3 Å². The lowest BCUT2D eigenvalue weighted by Crippen LogP contribution is -2.45. The number of nitrogens with zero attached hydrogens (tertiary/aromatic N) is 1. The Labute approximate surface area is 147 Å². The first kappa shape index (κ1) is 18.8. The van der Waals surface area contributed by atoms with Crippen LogP contribution < -0.4 is 10.6 Å². The van der Waals surface area contributed by atoms with Gasteiger partial charge in [-0.2, -0.15) is 0 Å². The van der Waals surface area contributed by atoms with Crippen LogP contribution >= 0.6 is 0 Å². The van der Waals surface area contributed by atoms with Crippen molar-refractivity contribution in [1.82, 2.24) is 15.5 Å². The Hall–Kier alpha value is -2.57. The van der Waals surface area contributed by atoms with E-state index in [4.69, 9.17) is 4.74 Å². The minimum absolute atomic E-state index is 0.0528. The Morgan fingerprint density at radius 2 is 1.88 bits per heavy atom. The predicted molar refractivity (Wildman–Crippen MR) is 93.1 cm³/mol. The second kappa shape index (κ2) is 9.66.